The summed E-state index contributed by atoms with van der Waals surface area (Å²) in [5, 5.41) is 2.85. The molecule has 0 bridgehead atoms. The maximum atomic E-state index is 13.5. The molecule has 7 nitrogen and oxygen atoms in total. The standard InChI is InChI=1S/C32H32N2O5/c1-22(26-12-8-5-9-13-26)34-23(2)30(32(37)38-3)28(31(34)36)20-25-14-16-27(17-15-25)39-21-29(35)33-19-18-24-10-6-4-7-11-24/h4-17,20,22H,18-19,21H2,1-3H3,(H,33,35)/b28-20-/t22-/m1/s1. The molecule has 0 aliphatic carbocycles. The SMILES string of the molecule is COC(=O)C1=C(C)N([C@H](C)c2ccccc2)C(=O)/C1=C\c1ccc(OCC(=O)NCCc2ccccc2)cc1. The molecule has 1 aliphatic heterocycles. The summed E-state index contributed by atoms with van der Waals surface area (Å²) in [4.78, 5) is 40.0. The second-order valence-corrected chi connectivity index (χ2v) is 9.22. The van der Waals surface area contributed by atoms with Crippen molar-refractivity contribution in [3.8, 4) is 5.75 Å². The number of rotatable bonds is 10. The molecular formula is C32H32N2O5. The molecule has 1 atom stereocenters. The normalized spacial score (nSPS) is 14.9. The van der Waals surface area contributed by atoms with Gasteiger partial charge in [-0.15, -0.1) is 0 Å². The number of amides is 2. The summed E-state index contributed by atoms with van der Waals surface area (Å²) >= 11 is 0. The maximum absolute atomic E-state index is 13.5. The van der Waals surface area contributed by atoms with Gasteiger partial charge < -0.3 is 19.7 Å². The summed E-state index contributed by atoms with van der Waals surface area (Å²) in [6.45, 7) is 4.11. The predicted molar refractivity (Wildman–Crippen MR) is 149 cm³/mol. The second kappa shape index (κ2) is 12.7. The molecule has 0 saturated carbocycles. The average Bonchev–Trinajstić information content (AvgIpc) is 3.21. The van der Waals surface area contributed by atoms with Gasteiger partial charge in [-0.3, -0.25) is 9.59 Å². The number of carbonyl (C=O) groups is 3. The zero-order chi connectivity index (χ0) is 27.8. The van der Waals surface area contributed by atoms with Gasteiger partial charge >= 0.3 is 5.97 Å². The molecule has 3 aromatic carbocycles. The lowest BCUT2D eigenvalue weighted by atomic mass is 10.0. The topological polar surface area (TPSA) is 84.9 Å². The predicted octanol–water partition coefficient (Wildman–Crippen LogP) is 4.86. The number of nitrogens with zero attached hydrogens (tertiary/aromatic N) is 1. The molecule has 0 unspecified atom stereocenters. The molecular weight excluding hydrogens is 492 g/mol. The van der Waals surface area contributed by atoms with E-state index in [-0.39, 0.29) is 35.6 Å². The minimum Gasteiger partial charge on any atom is -0.484 e. The molecule has 0 aromatic heterocycles. The highest BCUT2D eigenvalue weighted by Crippen LogP contribution is 2.37. The molecule has 1 aliphatic rings. The molecule has 7 heteroatoms. The Morgan fingerprint density at radius 3 is 2.23 bits per heavy atom. The van der Waals surface area contributed by atoms with Crippen LogP contribution in [-0.4, -0.2) is 42.9 Å². The average molecular weight is 525 g/mol. The third-order valence-electron chi connectivity index (χ3n) is 6.64. The number of carbonyl (C=O) groups excluding carboxylic acids is 3. The fraction of sp³-hybridized carbons (Fsp3) is 0.219. The number of benzene rings is 3. The van der Waals surface area contributed by atoms with Crippen LogP contribution in [0.4, 0.5) is 0 Å². The van der Waals surface area contributed by atoms with Crippen LogP contribution in [0.5, 0.6) is 5.75 Å². The Labute approximate surface area is 228 Å². The fourth-order valence-electron chi connectivity index (χ4n) is 4.56. The van der Waals surface area contributed by atoms with Crippen molar-refractivity contribution in [2.75, 3.05) is 20.3 Å². The first-order valence-electron chi connectivity index (χ1n) is 12.8. The largest absolute Gasteiger partial charge is 0.484 e. The van der Waals surface area contributed by atoms with Crippen molar-refractivity contribution in [2.24, 2.45) is 0 Å². The molecule has 200 valence electrons. The minimum atomic E-state index is -0.562. The van der Waals surface area contributed by atoms with Crippen molar-refractivity contribution in [3.05, 3.63) is 118 Å². The van der Waals surface area contributed by atoms with E-state index in [1.165, 1.54) is 7.11 Å². The lowest BCUT2D eigenvalue weighted by molar-refractivity contribution is -0.136. The van der Waals surface area contributed by atoms with Gasteiger partial charge in [-0.1, -0.05) is 72.8 Å². The first-order chi connectivity index (χ1) is 18.9. The van der Waals surface area contributed by atoms with Crippen molar-refractivity contribution in [1.29, 1.82) is 0 Å². The number of allylic oxidation sites excluding steroid dienone is 1. The van der Waals surface area contributed by atoms with Gasteiger partial charge in [0.15, 0.2) is 6.61 Å². The molecule has 0 saturated heterocycles. The molecule has 1 N–H and O–H groups in total. The van der Waals surface area contributed by atoms with E-state index in [1.54, 1.807) is 42.2 Å². The van der Waals surface area contributed by atoms with Gasteiger partial charge in [-0.05, 0) is 55.2 Å². The van der Waals surface area contributed by atoms with Gasteiger partial charge in [0.1, 0.15) is 5.75 Å². The van der Waals surface area contributed by atoms with Crippen LogP contribution in [-0.2, 0) is 25.5 Å². The summed E-state index contributed by atoms with van der Waals surface area (Å²) in [6.07, 6.45) is 2.42. The van der Waals surface area contributed by atoms with Gasteiger partial charge in [0, 0.05) is 12.2 Å². The molecule has 0 fully saturated rings. The van der Waals surface area contributed by atoms with E-state index in [0.29, 0.717) is 23.6 Å². The molecule has 39 heavy (non-hydrogen) atoms. The number of hydrogen-bond acceptors (Lipinski definition) is 5. The highest BCUT2D eigenvalue weighted by atomic mass is 16.5. The number of hydrogen-bond donors (Lipinski definition) is 1. The molecule has 0 radical (unpaired) electrons. The van der Waals surface area contributed by atoms with Crippen LogP contribution in [0.25, 0.3) is 6.08 Å². The van der Waals surface area contributed by atoms with Crippen molar-refractivity contribution in [2.45, 2.75) is 26.3 Å². The van der Waals surface area contributed by atoms with Crippen LogP contribution >= 0.6 is 0 Å². The monoisotopic (exact) mass is 524 g/mol. The van der Waals surface area contributed by atoms with E-state index in [2.05, 4.69) is 5.32 Å². The van der Waals surface area contributed by atoms with Crippen molar-refractivity contribution in [3.63, 3.8) is 0 Å². The number of ether oxygens (including phenoxy) is 2. The molecule has 3 aromatic rings. The number of nitrogens with one attached hydrogen (secondary N) is 1. The summed E-state index contributed by atoms with van der Waals surface area (Å²) < 4.78 is 10.6. The Morgan fingerprint density at radius 1 is 0.949 bits per heavy atom. The molecule has 2 amide bonds. The van der Waals surface area contributed by atoms with Crippen molar-refractivity contribution in [1.82, 2.24) is 10.2 Å². The maximum Gasteiger partial charge on any atom is 0.340 e. The lowest BCUT2D eigenvalue weighted by Gasteiger charge is -2.26. The van der Waals surface area contributed by atoms with Crippen molar-refractivity contribution >= 4 is 23.9 Å². The fourth-order valence-corrected chi connectivity index (χ4v) is 4.56. The first kappa shape index (κ1) is 27.4. The Morgan fingerprint density at radius 2 is 1.59 bits per heavy atom. The zero-order valence-electron chi connectivity index (χ0n) is 22.3. The van der Waals surface area contributed by atoms with Crippen LogP contribution in [0.3, 0.4) is 0 Å². The van der Waals surface area contributed by atoms with Gasteiger partial charge in [-0.25, -0.2) is 4.79 Å². The van der Waals surface area contributed by atoms with E-state index in [0.717, 1.165) is 17.5 Å². The Balaban J connectivity index is 1.42. The van der Waals surface area contributed by atoms with Gasteiger partial charge in [0.2, 0.25) is 0 Å². The van der Waals surface area contributed by atoms with Crippen LogP contribution in [0, 0.1) is 0 Å². The van der Waals surface area contributed by atoms with Crippen LogP contribution < -0.4 is 10.1 Å². The zero-order valence-corrected chi connectivity index (χ0v) is 22.3. The third-order valence-corrected chi connectivity index (χ3v) is 6.64. The Kier molecular flexibility index (Phi) is 8.94. The van der Waals surface area contributed by atoms with E-state index in [9.17, 15) is 14.4 Å². The van der Waals surface area contributed by atoms with Gasteiger partial charge in [-0.2, -0.15) is 0 Å². The van der Waals surface area contributed by atoms with E-state index < -0.39 is 5.97 Å². The summed E-state index contributed by atoms with van der Waals surface area (Å²) in [5.41, 5.74) is 3.89. The molecule has 4 rings (SSSR count). The van der Waals surface area contributed by atoms with E-state index in [4.69, 9.17) is 9.47 Å². The Bertz CT molecular complexity index is 1380. The second-order valence-electron chi connectivity index (χ2n) is 9.22. The third kappa shape index (κ3) is 6.62. The quantitative estimate of drug-likeness (QED) is 0.303. The Hall–Kier alpha value is -4.65. The molecule has 1 heterocycles. The van der Waals surface area contributed by atoms with Gasteiger partial charge in [0.05, 0.1) is 24.3 Å². The van der Waals surface area contributed by atoms with Crippen LogP contribution in [0.15, 0.2) is 102 Å². The number of methoxy groups -OCH3 is 1. The minimum absolute atomic E-state index is 0.103. The first-order valence-corrected chi connectivity index (χ1v) is 12.8. The summed E-state index contributed by atoms with van der Waals surface area (Å²) in [7, 11) is 1.30. The number of esters is 1. The molecule has 0 spiro atoms. The summed E-state index contributed by atoms with van der Waals surface area (Å²) in [6, 6.07) is 26.3. The highest BCUT2D eigenvalue weighted by molar-refractivity contribution is 6.16. The lowest BCUT2D eigenvalue weighted by Crippen LogP contribution is -2.30. The van der Waals surface area contributed by atoms with Crippen molar-refractivity contribution < 1.29 is 23.9 Å². The van der Waals surface area contributed by atoms with Crippen LogP contribution in [0.2, 0.25) is 0 Å². The smallest absolute Gasteiger partial charge is 0.340 e. The summed E-state index contributed by atoms with van der Waals surface area (Å²) in [5.74, 6) is -0.512. The highest BCUT2D eigenvalue weighted by Gasteiger charge is 2.39. The van der Waals surface area contributed by atoms with Gasteiger partial charge in [0.25, 0.3) is 11.8 Å². The van der Waals surface area contributed by atoms with E-state index >= 15 is 0 Å². The van der Waals surface area contributed by atoms with Crippen LogP contribution in [0.1, 0.15) is 36.6 Å². The van der Waals surface area contributed by atoms with E-state index in [1.807, 2.05) is 67.6 Å².